The van der Waals surface area contributed by atoms with Crippen molar-refractivity contribution in [3.63, 3.8) is 0 Å². The Morgan fingerprint density at radius 2 is 2.25 bits per heavy atom. The first kappa shape index (κ1) is 7.37. The second-order valence-corrected chi connectivity index (χ2v) is 1.45. The summed E-state index contributed by atoms with van der Waals surface area (Å²) in [5.41, 5.74) is 5.21. The van der Waals surface area contributed by atoms with Crippen LogP contribution in [0.15, 0.2) is 17.1 Å². The molecule has 0 rings (SSSR count). The van der Waals surface area contributed by atoms with Crippen LogP contribution >= 0.6 is 0 Å². The van der Waals surface area contributed by atoms with Gasteiger partial charge in [0.15, 0.2) is 0 Å². The molecule has 0 aliphatic heterocycles. The Hall–Kier alpha value is -0.630. The molecule has 46 valence electrons. The van der Waals surface area contributed by atoms with Crippen LogP contribution in [-0.4, -0.2) is 19.8 Å². The van der Waals surface area contributed by atoms with Crippen molar-refractivity contribution >= 4 is 6.72 Å². The maximum Gasteiger partial charge on any atom is 0.0563 e. The molecule has 0 aliphatic carbocycles. The second kappa shape index (κ2) is 6.37. The van der Waals surface area contributed by atoms with Crippen LogP contribution in [0.4, 0.5) is 0 Å². The zero-order chi connectivity index (χ0) is 6.24. The van der Waals surface area contributed by atoms with Gasteiger partial charge in [0.05, 0.1) is 6.54 Å². The van der Waals surface area contributed by atoms with Crippen molar-refractivity contribution in [2.75, 3.05) is 13.1 Å². The summed E-state index contributed by atoms with van der Waals surface area (Å²) in [5, 5.41) is 0. The van der Waals surface area contributed by atoms with E-state index in [1.165, 1.54) is 0 Å². The van der Waals surface area contributed by atoms with Crippen molar-refractivity contribution in [3.05, 3.63) is 12.2 Å². The Bertz CT molecular complexity index is 76.6. The Labute approximate surface area is 50.1 Å². The van der Waals surface area contributed by atoms with Crippen LogP contribution in [-0.2, 0) is 0 Å². The van der Waals surface area contributed by atoms with Gasteiger partial charge in [-0.2, -0.15) is 0 Å². The highest BCUT2D eigenvalue weighted by Gasteiger charge is 1.69. The van der Waals surface area contributed by atoms with Gasteiger partial charge in [0, 0.05) is 0 Å². The average molecular weight is 112 g/mol. The van der Waals surface area contributed by atoms with E-state index in [1.54, 1.807) is 0 Å². The van der Waals surface area contributed by atoms with Gasteiger partial charge in [0.25, 0.3) is 0 Å². The van der Waals surface area contributed by atoms with E-state index in [0.717, 1.165) is 6.42 Å². The molecule has 0 aromatic rings. The van der Waals surface area contributed by atoms with Crippen LogP contribution in [0.3, 0.4) is 0 Å². The minimum Gasteiger partial charge on any atom is -0.330 e. The molecule has 0 fully saturated rings. The molecule has 0 aliphatic rings. The standard InChI is InChI=1S/C6H12N2/c1-8-6-4-2-3-5-7/h2,4H,1,3,5-7H2/b4-2-. The highest BCUT2D eigenvalue weighted by Crippen LogP contribution is 1.77. The van der Waals surface area contributed by atoms with Crippen molar-refractivity contribution < 1.29 is 0 Å². The zero-order valence-corrected chi connectivity index (χ0v) is 5.01. The molecule has 0 saturated heterocycles. The van der Waals surface area contributed by atoms with E-state index >= 15 is 0 Å². The van der Waals surface area contributed by atoms with Crippen LogP contribution in [0, 0.1) is 0 Å². The molecule has 0 radical (unpaired) electrons. The molecule has 0 unspecified atom stereocenters. The lowest BCUT2D eigenvalue weighted by Gasteiger charge is -1.81. The lowest BCUT2D eigenvalue weighted by molar-refractivity contribution is 1.00. The van der Waals surface area contributed by atoms with Crippen molar-refractivity contribution in [3.8, 4) is 0 Å². The number of hydrogen-bond donors (Lipinski definition) is 1. The van der Waals surface area contributed by atoms with Gasteiger partial charge in [0.2, 0.25) is 0 Å². The lowest BCUT2D eigenvalue weighted by atomic mass is 10.4. The Balaban J connectivity index is 2.94. The topological polar surface area (TPSA) is 38.4 Å². The molecule has 0 aromatic heterocycles. The van der Waals surface area contributed by atoms with Gasteiger partial charge in [0.1, 0.15) is 0 Å². The minimum absolute atomic E-state index is 0.708. The van der Waals surface area contributed by atoms with E-state index in [9.17, 15) is 0 Å². The highest BCUT2D eigenvalue weighted by molar-refractivity contribution is 5.23. The number of rotatable bonds is 4. The summed E-state index contributed by atoms with van der Waals surface area (Å²) >= 11 is 0. The predicted octanol–water partition coefficient (Wildman–Crippen LogP) is 0.592. The first-order valence-corrected chi connectivity index (χ1v) is 2.69. The molecule has 2 N–H and O–H groups in total. The number of nitrogens with zero attached hydrogens (tertiary/aromatic N) is 1. The molecule has 0 amide bonds. The fraction of sp³-hybridized carbons (Fsp3) is 0.500. The molecule has 2 nitrogen and oxygen atoms in total. The monoisotopic (exact) mass is 112 g/mol. The van der Waals surface area contributed by atoms with Crippen LogP contribution in [0.25, 0.3) is 0 Å². The molecule has 2 heteroatoms. The lowest BCUT2D eigenvalue weighted by Crippen LogP contribution is -1.95. The smallest absolute Gasteiger partial charge is 0.0563 e. The molecular weight excluding hydrogens is 100 g/mol. The summed E-state index contributed by atoms with van der Waals surface area (Å²) in [4.78, 5) is 3.63. The van der Waals surface area contributed by atoms with Crippen LogP contribution < -0.4 is 5.73 Å². The maximum absolute atomic E-state index is 5.21. The first-order chi connectivity index (χ1) is 3.91. The third kappa shape index (κ3) is 5.37. The van der Waals surface area contributed by atoms with E-state index < -0.39 is 0 Å². The Morgan fingerprint density at radius 1 is 1.50 bits per heavy atom. The second-order valence-electron chi connectivity index (χ2n) is 1.45. The zero-order valence-electron chi connectivity index (χ0n) is 5.01. The fourth-order valence-corrected chi connectivity index (χ4v) is 0.363. The normalized spacial score (nSPS) is 10.1. The molecule has 8 heavy (non-hydrogen) atoms. The average Bonchev–Trinajstić information content (AvgIpc) is 1.81. The van der Waals surface area contributed by atoms with Crippen molar-refractivity contribution in [2.45, 2.75) is 6.42 Å². The number of aliphatic imine (C=N–C) groups is 1. The fourth-order valence-electron chi connectivity index (χ4n) is 0.363. The molecule has 0 atom stereocenters. The van der Waals surface area contributed by atoms with Crippen LogP contribution in [0.5, 0.6) is 0 Å². The molecule has 0 bridgehead atoms. The summed E-state index contributed by atoms with van der Waals surface area (Å²) in [6, 6.07) is 0. The van der Waals surface area contributed by atoms with Gasteiger partial charge in [-0.3, -0.25) is 4.99 Å². The number of hydrogen-bond acceptors (Lipinski definition) is 2. The largest absolute Gasteiger partial charge is 0.330 e. The highest BCUT2D eigenvalue weighted by atomic mass is 14.6. The number of nitrogens with two attached hydrogens (primary N) is 1. The summed E-state index contributed by atoms with van der Waals surface area (Å²) in [5.74, 6) is 0. The van der Waals surface area contributed by atoms with E-state index in [2.05, 4.69) is 11.7 Å². The van der Waals surface area contributed by atoms with Crippen LogP contribution in [0.2, 0.25) is 0 Å². The van der Waals surface area contributed by atoms with E-state index in [1.807, 2.05) is 12.2 Å². The Morgan fingerprint density at radius 3 is 2.75 bits per heavy atom. The predicted molar refractivity (Wildman–Crippen MR) is 37.2 cm³/mol. The van der Waals surface area contributed by atoms with Crippen molar-refractivity contribution in [1.82, 2.24) is 0 Å². The summed E-state index contributed by atoms with van der Waals surface area (Å²) in [6.45, 7) is 4.75. The molecular formula is C6H12N2. The molecule has 0 saturated carbocycles. The van der Waals surface area contributed by atoms with Gasteiger partial charge in [-0.15, -0.1) is 0 Å². The summed E-state index contributed by atoms with van der Waals surface area (Å²) in [7, 11) is 0. The van der Waals surface area contributed by atoms with Gasteiger partial charge in [-0.25, -0.2) is 0 Å². The van der Waals surface area contributed by atoms with Gasteiger partial charge >= 0.3 is 0 Å². The summed E-state index contributed by atoms with van der Waals surface area (Å²) in [6.07, 6.45) is 4.91. The quantitative estimate of drug-likeness (QED) is 0.419. The third-order valence-electron chi connectivity index (χ3n) is 0.735. The van der Waals surface area contributed by atoms with Crippen LogP contribution in [0.1, 0.15) is 6.42 Å². The Kier molecular flexibility index (Phi) is 5.87. The minimum atomic E-state index is 0.708. The van der Waals surface area contributed by atoms with Crippen molar-refractivity contribution in [1.29, 1.82) is 0 Å². The maximum atomic E-state index is 5.21. The van der Waals surface area contributed by atoms with Gasteiger partial charge in [-0.1, -0.05) is 12.2 Å². The molecule has 0 spiro atoms. The van der Waals surface area contributed by atoms with E-state index in [-0.39, 0.29) is 0 Å². The van der Waals surface area contributed by atoms with E-state index in [0.29, 0.717) is 13.1 Å². The summed E-state index contributed by atoms with van der Waals surface area (Å²) < 4.78 is 0. The SMILES string of the molecule is C=NC/C=C\CCN. The van der Waals surface area contributed by atoms with Gasteiger partial charge in [-0.05, 0) is 19.7 Å². The van der Waals surface area contributed by atoms with Gasteiger partial charge < -0.3 is 5.73 Å². The molecule has 0 heterocycles. The third-order valence-corrected chi connectivity index (χ3v) is 0.735. The molecule has 0 aromatic carbocycles. The van der Waals surface area contributed by atoms with Crippen molar-refractivity contribution in [2.24, 2.45) is 10.7 Å². The van der Waals surface area contributed by atoms with E-state index in [4.69, 9.17) is 5.73 Å². The first-order valence-electron chi connectivity index (χ1n) is 2.69.